The van der Waals surface area contributed by atoms with E-state index in [1.807, 2.05) is 12.3 Å². The van der Waals surface area contributed by atoms with Crippen molar-refractivity contribution in [1.29, 1.82) is 0 Å². The van der Waals surface area contributed by atoms with Crippen molar-refractivity contribution in [1.82, 2.24) is 15.1 Å². The Labute approximate surface area is 132 Å². The molecule has 120 valence electrons. The maximum Gasteiger partial charge on any atom is 0.286 e. The minimum Gasteiger partial charge on any atom is -0.467 e. The van der Waals surface area contributed by atoms with Crippen LogP contribution in [0.15, 0.2) is 57.8 Å². The van der Waals surface area contributed by atoms with E-state index >= 15 is 0 Å². The van der Waals surface area contributed by atoms with Crippen LogP contribution >= 0.6 is 0 Å². The van der Waals surface area contributed by atoms with Gasteiger partial charge in [0.25, 0.3) is 5.91 Å². The molecule has 3 rings (SSSR count). The van der Waals surface area contributed by atoms with Gasteiger partial charge in [0.05, 0.1) is 12.8 Å². The van der Waals surface area contributed by atoms with Gasteiger partial charge in [0.1, 0.15) is 17.6 Å². The zero-order chi connectivity index (χ0) is 16.1. The van der Waals surface area contributed by atoms with Gasteiger partial charge in [0.15, 0.2) is 5.76 Å². The number of carbonyl (C=O) groups excluding carboxylic acids is 1. The molecule has 1 amide bonds. The van der Waals surface area contributed by atoms with Gasteiger partial charge in [0.2, 0.25) is 0 Å². The van der Waals surface area contributed by atoms with Gasteiger partial charge in [-0.15, -0.1) is 0 Å². The normalized spacial score (nSPS) is 12.2. The number of furan rings is 2. The Bertz CT molecular complexity index is 731. The van der Waals surface area contributed by atoms with Crippen LogP contribution in [0.5, 0.6) is 0 Å². The Morgan fingerprint density at radius 1 is 1.35 bits per heavy atom. The van der Waals surface area contributed by atoms with E-state index in [1.165, 1.54) is 6.26 Å². The number of rotatable bonds is 7. The summed E-state index contributed by atoms with van der Waals surface area (Å²) in [6.45, 7) is 0.785. The molecule has 0 bridgehead atoms. The lowest BCUT2D eigenvalue weighted by molar-refractivity contribution is 0.0907. The summed E-state index contributed by atoms with van der Waals surface area (Å²) in [7, 11) is 0. The van der Waals surface area contributed by atoms with Gasteiger partial charge in [-0.3, -0.25) is 9.48 Å². The highest BCUT2D eigenvalue weighted by Crippen LogP contribution is 2.16. The minimum absolute atomic E-state index is 0.236. The van der Waals surface area contributed by atoms with Crippen LogP contribution in [0.1, 0.15) is 34.6 Å². The van der Waals surface area contributed by atoms with E-state index in [0.29, 0.717) is 31.0 Å². The lowest BCUT2D eigenvalue weighted by Gasteiger charge is -2.08. The number of aliphatic hydroxyl groups excluding tert-OH is 1. The lowest BCUT2D eigenvalue weighted by atomic mass is 10.2. The Morgan fingerprint density at radius 3 is 3.00 bits per heavy atom. The highest BCUT2D eigenvalue weighted by Gasteiger charge is 2.14. The molecule has 0 spiro atoms. The van der Waals surface area contributed by atoms with Crippen LogP contribution in [0.2, 0.25) is 0 Å². The first kappa shape index (κ1) is 15.1. The molecule has 0 fully saturated rings. The van der Waals surface area contributed by atoms with Gasteiger partial charge < -0.3 is 19.3 Å². The molecule has 2 N–H and O–H groups in total. The van der Waals surface area contributed by atoms with Crippen molar-refractivity contribution in [3.63, 3.8) is 0 Å². The highest BCUT2D eigenvalue weighted by molar-refractivity contribution is 5.91. The molecular formula is C16H17N3O4. The van der Waals surface area contributed by atoms with Crippen molar-refractivity contribution in [2.24, 2.45) is 0 Å². The van der Waals surface area contributed by atoms with Crippen molar-refractivity contribution < 1.29 is 18.7 Å². The molecule has 0 saturated carbocycles. The second-order valence-corrected chi connectivity index (χ2v) is 5.05. The summed E-state index contributed by atoms with van der Waals surface area (Å²) in [6, 6.07) is 8.59. The predicted molar refractivity (Wildman–Crippen MR) is 80.7 cm³/mol. The van der Waals surface area contributed by atoms with E-state index in [1.54, 1.807) is 35.1 Å². The summed E-state index contributed by atoms with van der Waals surface area (Å²) < 4.78 is 12.3. The summed E-state index contributed by atoms with van der Waals surface area (Å²) in [6.07, 6.45) is 4.62. The SMILES string of the molecule is O=C(NCC[C@@H](O)c1ccco1)c1ccc(Cn2cccn2)o1. The van der Waals surface area contributed by atoms with Gasteiger partial charge in [-0.1, -0.05) is 0 Å². The van der Waals surface area contributed by atoms with E-state index in [4.69, 9.17) is 8.83 Å². The number of aromatic nitrogens is 2. The molecule has 0 aliphatic carbocycles. The molecule has 0 aliphatic rings. The Balaban J connectivity index is 1.48. The maximum absolute atomic E-state index is 12.0. The van der Waals surface area contributed by atoms with Crippen molar-refractivity contribution in [3.8, 4) is 0 Å². The van der Waals surface area contributed by atoms with Gasteiger partial charge in [-0.05, 0) is 36.8 Å². The molecule has 0 aromatic carbocycles. The van der Waals surface area contributed by atoms with Crippen LogP contribution in [0.4, 0.5) is 0 Å². The van der Waals surface area contributed by atoms with Gasteiger partial charge in [-0.25, -0.2) is 0 Å². The summed E-state index contributed by atoms with van der Waals surface area (Å²) in [4.78, 5) is 12.0. The average Bonchev–Trinajstić information content (AvgIpc) is 3.30. The molecule has 0 radical (unpaired) electrons. The number of aliphatic hydroxyl groups is 1. The second-order valence-electron chi connectivity index (χ2n) is 5.05. The number of hydrogen-bond donors (Lipinski definition) is 2. The minimum atomic E-state index is -0.739. The third-order valence-electron chi connectivity index (χ3n) is 3.34. The first-order chi connectivity index (χ1) is 11.2. The van der Waals surface area contributed by atoms with E-state index in [9.17, 15) is 9.90 Å². The van der Waals surface area contributed by atoms with Crippen LogP contribution in [-0.4, -0.2) is 27.3 Å². The van der Waals surface area contributed by atoms with Crippen molar-refractivity contribution >= 4 is 5.91 Å². The highest BCUT2D eigenvalue weighted by atomic mass is 16.4. The predicted octanol–water partition coefficient (Wildman–Crippen LogP) is 1.97. The molecule has 3 aromatic rings. The first-order valence-electron chi connectivity index (χ1n) is 7.28. The fraction of sp³-hybridized carbons (Fsp3) is 0.250. The van der Waals surface area contributed by atoms with Crippen molar-refractivity contribution in [2.75, 3.05) is 6.54 Å². The molecule has 3 heterocycles. The summed E-state index contributed by atoms with van der Waals surface area (Å²) in [5.41, 5.74) is 0. The van der Waals surface area contributed by atoms with Crippen LogP contribution in [0, 0.1) is 0 Å². The largest absolute Gasteiger partial charge is 0.467 e. The fourth-order valence-electron chi connectivity index (χ4n) is 2.17. The molecule has 1 atom stereocenters. The number of hydrogen-bond acceptors (Lipinski definition) is 5. The molecule has 7 nitrogen and oxygen atoms in total. The van der Waals surface area contributed by atoms with Gasteiger partial charge in [-0.2, -0.15) is 5.10 Å². The number of nitrogens with one attached hydrogen (secondary N) is 1. The van der Waals surface area contributed by atoms with E-state index in [0.717, 1.165) is 0 Å². The third-order valence-corrected chi connectivity index (χ3v) is 3.34. The maximum atomic E-state index is 12.0. The van der Waals surface area contributed by atoms with E-state index < -0.39 is 6.10 Å². The van der Waals surface area contributed by atoms with Crippen molar-refractivity contribution in [2.45, 2.75) is 19.1 Å². The summed E-state index contributed by atoms with van der Waals surface area (Å²) >= 11 is 0. The molecular weight excluding hydrogens is 298 g/mol. The molecule has 3 aromatic heterocycles. The fourth-order valence-corrected chi connectivity index (χ4v) is 2.17. The molecule has 0 saturated heterocycles. The first-order valence-corrected chi connectivity index (χ1v) is 7.28. The standard InChI is InChI=1S/C16H17N3O4/c20-13(14-3-1-10-22-14)6-8-17-16(21)15-5-4-12(23-15)11-19-9-2-7-18-19/h1-5,7,9-10,13,20H,6,8,11H2,(H,17,21)/t13-/m1/s1. The average molecular weight is 315 g/mol. The summed E-state index contributed by atoms with van der Waals surface area (Å²) in [5.74, 6) is 1.05. The molecule has 0 unspecified atom stereocenters. The number of carbonyl (C=O) groups is 1. The van der Waals surface area contributed by atoms with Crippen LogP contribution < -0.4 is 5.32 Å². The third kappa shape index (κ3) is 3.89. The smallest absolute Gasteiger partial charge is 0.286 e. The molecule has 7 heteroatoms. The van der Waals surface area contributed by atoms with Gasteiger partial charge in [0, 0.05) is 18.9 Å². The summed E-state index contributed by atoms with van der Waals surface area (Å²) in [5, 5.41) is 16.6. The molecule has 0 aliphatic heterocycles. The molecule has 23 heavy (non-hydrogen) atoms. The number of amides is 1. The quantitative estimate of drug-likeness (QED) is 0.695. The van der Waals surface area contributed by atoms with Gasteiger partial charge >= 0.3 is 0 Å². The Morgan fingerprint density at radius 2 is 2.26 bits per heavy atom. The monoisotopic (exact) mass is 315 g/mol. The Kier molecular flexibility index (Phi) is 4.58. The van der Waals surface area contributed by atoms with E-state index in [2.05, 4.69) is 10.4 Å². The Hall–Kier alpha value is -2.80. The topological polar surface area (TPSA) is 93.4 Å². The lowest BCUT2D eigenvalue weighted by Crippen LogP contribution is -2.25. The zero-order valence-corrected chi connectivity index (χ0v) is 12.4. The van der Waals surface area contributed by atoms with Crippen LogP contribution in [0.25, 0.3) is 0 Å². The van der Waals surface area contributed by atoms with E-state index in [-0.39, 0.29) is 11.7 Å². The number of nitrogens with zero attached hydrogens (tertiary/aromatic N) is 2. The van der Waals surface area contributed by atoms with Crippen molar-refractivity contribution in [3.05, 3.63) is 66.3 Å². The van der Waals surface area contributed by atoms with Crippen LogP contribution in [-0.2, 0) is 6.54 Å². The van der Waals surface area contributed by atoms with Crippen LogP contribution in [0.3, 0.4) is 0 Å². The second kappa shape index (κ2) is 6.97. The zero-order valence-electron chi connectivity index (χ0n) is 12.4.